The molecule has 0 unspecified atom stereocenters. The normalized spacial score (nSPS) is 13.2. The summed E-state index contributed by atoms with van der Waals surface area (Å²) in [6.07, 6.45) is 4.61. The highest BCUT2D eigenvalue weighted by Crippen LogP contribution is 2.33. The minimum atomic E-state index is -0.436. The Morgan fingerprint density at radius 1 is 1.07 bits per heavy atom. The van der Waals surface area contributed by atoms with Crippen LogP contribution in [0.25, 0.3) is 21.3 Å². The first kappa shape index (κ1) is 18.6. The van der Waals surface area contributed by atoms with Gasteiger partial charge in [-0.15, -0.1) is 11.3 Å². The molecule has 2 heterocycles. The van der Waals surface area contributed by atoms with Gasteiger partial charge in [-0.3, -0.25) is 14.3 Å². The lowest BCUT2D eigenvalue weighted by Gasteiger charge is -2.16. The maximum Gasteiger partial charge on any atom is 0.329 e. The second-order valence-corrected chi connectivity index (χ2v) is 8.56. The summed E-state index contributed by atoms with van der Waals surface area (Å²) in [4.78, 5) is 29.4. The molecule has 4 aromatic rings. The SMILES string of the molecule is N#Cc1cccc(Cn2c(=O)[nH]c3scc(-c4ccc5c(c4)CCCC5)c3c2=O)c1. The van der Waals surface area contributed by atoms with Crippen molar-refractivity contribution >= 4 is 21.6 Å². The van der Waals surface area contributed by atoms with Gasteiger partial charge in [0, 0.05) is 10.9 Å². The largest absolute Gasteiger partial charge is 0.329 e. The van der Waals surface area contributed by atoms with Crippen LogP contribution in [0.2, 0.25) is 0 Å². The molecular formula is C24H19N3O2S. The summed E-state index contributed by atoms with van der Waals surface area (Å²) in [5.74, 6) is 0. The number of nitrogens with one attached hydrogen (secondary N) is 1. The van der Waals surface area contributed by atoms with Crippen molar-refractivity contribution in [3.8, 4) is 17.2 Å². The molecule has 2 aromatic carbocycles. The lowest BCUT2D eigenvalue weighted by atomic mass is 9.89. The molecule has 1 aliphatic carbocycles. The van der Waals surface area contributed by atoms with Gasteiger partial charge < -0.3 is 0 Å². The van der Waals surface area contributed by atoms with Crippen LogP contribution in [0, 0.1) is 11.3 Å². The van der Waals surface area contributed by atoms with E-state index in [0.717, 1.165) is 29.5 Å². The van der Waals surface area contributed by atoms with Crippen molar-refractivity contribution in [2.45, 2.75) is 32.2 Å². The first-order chi connectivity index (χ1) is 14.6. The Labute approximate surface area is 176 Å². The van der Waals surface area contributed by atoms with Gasteiger partial charge in [-0.2, -0.15) is 5.26 Å². The zero-order valence-electron chi connectivity index (χ0n) is 16.3. The summed E-state index contributed by atoms with van der Waals surface area (Å²) in [6, 6.07) is 15.5. The number of hydrogen-bond donors (Lipinski definition) is 1. The minimum absolute atomic E-state index is 0.124. The van der Waals surface area contributed by atoms with E-state index >= 15 is 0 Å². The number of aryl methyl sites for hydroxylation is 2. The van der Waals surface area contributed by atoms with Gasteiger partial charge in [0.15, 0.2) is 0 Å². The van der Waals surface area contributed by atoms with Crippen LogP contribution in [0.15, 0.2) is 57.4 Å². The summed E-state index contributed by atoms with van der Waals surface area (Å²) >= 11 is 1.38. The molecule has 2 aromatic heterocycles. The van der Waals surface area contributed by atoms with E-state index in [0.29, 0.717) is 15.8 Å². The maximum absolute atomic E-state index is 13.3. The third kappa shape index (κ3) is 3.17. The van der Waals surface area contributed by atoms with E-state index in [2.05, 4.69) is 29.3 Å². The Bertz CT molecular complexity index is 1440. The fourth-order valence-electron chi connectivity index (χ4n) is 4.23. The molecule has 0 radical (unpaired) electrons. The molecule has 0 bridgehead atoms. The summed E-state index contributed by atoms with van der Waals surface area (Å²) in [5, 5.41) is 11.6. The Kier molecular flexibility index (Phi) is 4.61. The second kappa shape index (κ2) is 7.43. The van der Waals surface area contributed by atoms with Crippen molar-refractivity contribution in [2.75, 3.05) is 0 Å². The van der Waals surface area contributed by atoms with Crippen molar-refractivity contribution in [3.63, 3.8) is 0 Å². The third-order valence-electron chi connectivity index (χ3n) is 5.77. The number of thiophene rings is 1. The fraction of sp³-hybridized carbons (Fsp3) is 0.208. The number of nitrogens with zero attached hydrogens (tertiary/aromatic N) is 2. The molecule has 1 aliphatic rings. The Morgan fingerprint density at radius 3 is 2.73 bits per heavy atom. The summed E-state index contributed by atoms with van der Waals surface area (Å²) < 4.78 is 1.22. The number of H-pyrrole nitrogens is 1. The smallest absolute Gasteiger partial charge is 0.298 e. The zero-order valence-corrected chi connectivity index (χ0v) is 17.1. The Balaban J connectivity index is 1.64. The van der Waals surface area contributed by atoms with Crippen LogP contribution in [0.3, 0.4) is 0 Å². The zero-order chi connectivity index (χ0) is 20.7. The number of benzene rings is 2. The highest BCUT2D eigenvalue weighted by molar-refractivity contribution is 7.17. The number of aromatic nitrogens is 2. The van der Waals surface area contributed by atoms with Gasteiger partial charge in [0.2, 0.25) is 0 Å². The van der Waals surface area contributed by atoms with Gasteiger partial charge in [0.25, 0.3) is 5.56 Å². The topological polar surface area (TPSA) is 78.7 Å². The van der Waals surface area contributed by atoms with Gasteiger partial charge in [-0.25, -0.2) is 4.79 Å². The number of nitriles is 1. The maximum atomic E-state index is 13.3. The van der Waals surface area contributed by atoms with Crippen molar-refractivity contribution < 1.29 is 0 Å². The van der Waals surface area contributed by atoms with E-state index in [-0.39, 0.29) is 12.1 Å². The average molecular weight is 414 g/mol. The van der Waals surface area contributed by atoms with E-state index in [1.165, 1.54) is 39.9 Å². The van der Waals surface area contributed by atoms with Crippen LogP contribution in [0.4, 0.5) is 0 Å². The van der Waals surface area contributed by atoms with E-state index in [1.807, 2.05) is 11.4 Å². The summed E-state index contributed by atoms with van der Waals surface area (Å²) in [5.41, 5.74) is 5.14. The molecule has 148 valence electrons. The van der Waals surface area contributed by atoms with Crippen LogP contribution < -0.4 is 11.2 Å². The number of hydrogen-bond acceptors (Lipinski definition) is 4. The summed E-state index contributed by atoms with van der Waals surface area (Å²) in [7, 11) is 0. The monoisotopic (exact) mass is 413 g/mol. The van der Waals surface area contributed by atoms with Crippen molar-refractivity contribution in [3.05, 3.63) is 90.9 Å². The Hall–Kier alpha value is -3.43. The quantitative estimate of drug-likeness (QED) is 0.546. The molecule has 5 nitrogen and oxygen atoms in total. The fourth-order valence-corrected chi connectivity index (χ4v) is 5.18. The molecule has 0 fully saturated rings. The molecule has 0 spiro atoms. The van der Waals surface area contributed by atoms with E-state index in [9.17, 15) is 9.59 Å². The highest BCUT2D eigenvalue weighted by Gasteiger charge is 2.17. The van der Waals surface area contributed by atoms with Crippen LogP contribution in [0.1, 0.15) is 35.1 Å². The van der Waals surface area contributed by atoms with E-state index < -0.39 is 5.69 Å². The number of rotatable bonds is 3. The van der Waals surface area contributed by atoms with Crippen molar-refractivity contribution in [2.24, 2.45) is 0 Å². The van der Waals surface area contributed by atoms with Gasteiger partial charge in [-0.1, -0.05) is 30.3 Å². The predicted molar refractivity (Wildman–Crippen MR) is 119 cm³/mol. The van der Waals surface area contributed by atoms with Gasteiger partial charge in [0.1, 0.15) is 4.83 Å². The van der Waals surface area contributed by atoms with Crippen LogP contribution in [-0.2, 0) is 19.4 Å². The molecule has 1 N–H and O–H groups in total. The predicted octanol–water partition coefficient (Wildman–Crippen LogP) is 4.22. The van der Waals surface area contributed by atoms with E-state index in [4.69, 9.17) is 5.26 Å². The third-order valence-corrected chi connectivity index (χ3v) is 6.67. The first-order valence-corrected chi connectivity index (χ1v) is 10.9. The standard InChI is InChI=1S/C24H19N3O2S/c25-12-15-4-3-5-16(10-15)13-27-23(28)21-20(14-30-22(21)26-24(27)29)19-9-8-17-6-1-2-7-18(17)11-19/h3-5,8-11,14H,1-2,6-7,13H2,(H,26,29). The Morgan fingerprint density at radius 2 is 1.90 bits per heavy atom. The van der Waals surface area contributed by atoms with Crippen LogP contribution in [-0.4, -0.2) is 9.55 Å². The molecule has 6 heteroatoms. The average Bonchev–Trinajstić information content (AvgIpc) is 3.20. The summed E-state index contributed by atoms with van der Waals surface area (Å²) in [6.45, 7) is 0.124. The van der Waals surface area contributed by atoms with Gasteiger partial charge >= 0.3 is 5.69 Å². The van der Waals surface area contributed by atoms with E-state index in [1.54, 1.807) is 18.2 Å². The lowest BCUT2D eigenvalue weighted by molar-refractivity contribution is 0.686. The van der Waals surface area contributed by atoms with Gasteiger partial charge in [-0.05, 0) is 60.1 Å². The van der Waals surface area contributed by atoms with Crippen LogP contribution in [0.5, 0.6) is 0 Å². The molecule has 0 saturated heterocycles. The highest BCUT2D eigenvalue weighted by atomic mass is 32.1. The molecule has 0 aliphatic heterocycles. The van der Waals surface area contributed by atoms with Crippen molar-refractivity contribution in [1.29, 1.82) is 5.26 Å². The lowest BCUT2D eigenvalue weighted by Crippen LogP contribution is -2.35. The second-order valence-electron chi connectivity index (χ2n) is 7.68. The molecule has 30 heavy (non-hydrogen) atoms. The van der Waals surface area contributed by atoms with Crippen molar-refractivity contribution in [1.82, 2.24) is 9.55 Å². The number of fused-ring (bicyclic) bond motifs is 2. The molecular weight excluding hydrogens is 394 g/mol. The first-order valence-electron chi connectivity index (χ1n) is 9.99. The van der Waals surface area contributed by atoms with Crippen LogP contribution >= 0.6 is 11.3 Å². The molecule has 0 amide bonds. The molecule has 5 rings (SSSR count). The molecule has 0 saturated carbocycles. The minimum Gasteiger partial charge on any atom is -0.298 e. The number of aromatic amines is 1. The molecule has 0 atom stereocenters. The van der Waals surface area contributed by atoms with Gasteiger partial charge in [0.05, 0.1) is 23.6 Å².